The van der Waals surface area contributed by atoms with Crippen LogP contribution in [0.3, 0.4) is 0 Å². The number of pyridine rings is 2. The van der Waals surface area contributed by atoms with Crippen LogP contribution in [0.5, 0.6) is 0 Å². The van der Waals surface area contributed by atoms with Crippen molar-refractivity contribution in [2.75, 3.05) is 18.0 Å². The predicted molar refractivity (Wildman–Crippen MR) is 167 cm³/mol. The molecule has 7 rings (SSSR count). The monoisotopic (exact) mass is 595 g/mol. The number of halogens is 3. The van der Waals surface area contributed by atoms with Crippen molar-refractivity contribution in [1.29, 1.82) is 0 Å². The summed E-state index contributed by atoms with van der Waals surface area (Å²) in [5.41, 5.74) is 12.7. The molecule has 4 aromatic heterocycles. The first-order chi connectivity index (χ1) is 21.2. The van der Waals surface area contributed by atoms with Crippen molar-refractivity contribution in [3.05, 3.63) is 96.0 Å². The van der Waals surface area contributed by atoms with Gasteiger partial charge in [0.1, 0.15) is 28.6 Å². The van der Waals surface area contributed by atoms with E-state index in [1.165, 1.54) is 22.9 Å². The minimum Gasteiger partial charge on any atom is -0.370 e. The first-order valence-corrected chi connectivity index (χ1v) is 14.7. The summed E-state index contributed by atoms with van der Waals surface area (Å²) in [6, 6.07) is 10.6. The number of nitrogens with zero attached hydrogens (tertiary/aromatic N) is 6. The number of aromatic nitrogens is 5. The average Bonchev–Trinajstić information content (AvgIpc) is 3.59. The van der Waals surface area contributed by atoms with Gasteiger partial charge in [0, 0.05) is 67.3 Å². The molecule has 2 aromatic carbocycles. The largest absolute Gasteiger partial charge is 0.370 e. The van der Waals surface area contributed by atoms with Gasteiger partial charge in [-0.15, -0.1) is 0 Å². The summed E-state index contributed by atoms with van der Waals surface area (Å²) >= 11 is 0. The summed E-state index contributed by atoms with van der Waals surface area (Å²) in [5.74, 6) is -1.71. The molecular formula is C34H32F3N7. The second-order valence-electron chi connectivity index (χ2n) is 11.7. The first kappa shape index (κ1) is 28.1. The van der Waals surface area contributed by atoms with Gasteiger partial charge in [0.05, 0.1) is 29.0 Å². The fourth-order valence-corrected chi connectivity index (χ4v) is 6.42. The van der Waals surface area contributed by atoms with Gasteiger partial charge in [0.2, 0.25) is 0 Å². The van der Waals surface area contributed by atoms with Gasteiger partial charge in [0.15, 0.2) is 0 Å². The summed E-state index contributed by atoms with van der Waals surface area (Å²) < 4.78 is 47.8. The molecule has 1 aliphatic heterocycles. The highest BCUT2D eigenvalue weighted by Crippen LogP contribution is 2.46. The Morgan fingerprint density at radius 1 is 0.886 bits per heavy atom. The van der Waals surface area contributed by atoms with Crippen LogP contribution in [-0.2, 0) is 7.05 Å². The van der Waals surface area contributed by atoms with Crippen molar-refractivity contribution in [2.45, 2.75) is 38.8 Å². The Morgan fingerprint density at radius 3 is 2.34 bits per heavy atom. The molecule has 0 radical (unpaired) electrons. The Labute approximate surface area is 252 Å². The number of nitrogens with two attached hydrogens (primary N) is 1. The lowest BCUT2D eigenvalue weighted by Gasteiger charge is -2.34. The van der Waals surface area contributed by atoms with E-state index in [9.17, 15) is 8.78 Å². The van der Waals surface area contributed by atoms with E-state index in [-0.39, 0.29) is 17.9 Å². The van der Waals surface area contributed by atoms with Crippen LogP contribution in [0.1, 0.15) is 37.1 Å². The van der Waals surface area contributed by atoms with E-state index in [0.29, 0.717) is 40.8 Å². The molecule has 0 bridgehead atoms. The van der Waals surface area contributed by atoms with E-state index in [1.54, 1.807) is 25.5 Å². The van der Waals surface area contributed by atoms with Gasteiger partial charge in [-0.1, -0.05) is 12.1 Å². The number of anilines is 1. The zero-order valence-electron chi connectivity index (χ0n) is 24.7. The molecule has 5 heterocycles. The van der Waals surface area contributed by atoms with Crippen LogP contribution >= 0.6 is 0 Å². The average molecular weight is 596 g/mol. The standard InChI is InChI=1S/C34H32F3N7/c1-19-4-7-30(39-15-19)20(2)44-18-28(25-5-6-29(37)32-27(25)17-41-42(32)3)31-33(43-10-8-24(38)9-11-43)26(16-40-34(31)44)21-12-22(35)14-23(36)13-21/h4-7,12-18,20,24H,8-11,38H2,1-3H3/t20-/m0/s1. The molecule has 0 unspecified atom stereocenters. The number of hydrogen-bond donors (Lipinski definition) is 1. The van der Waals surface area contributed by atoms with Crippen molar-refractivity contribution < 1.29 is 13.2 Å². The number of fused-ring (bicyclic) bond motifs is 2. The van der Waals surface area contributed by atoms with Crippen molar-refractivity contribution in [2.24, 2.45) is 12.8 Å². The maximum absolute atomic E-state index is 15.1. The Kier molecular flexibility index (Phi) is 6.88. The lowest BCUT2D eigenvalue weighted by Crippen LogP contribution is -2.40. The van der Waals surface area contributed by atoms with Crippen LogP contribution in [0.2, 0.25) is 0 Å². The molecule has 0 amide bonds. The lowest BCUT2D eigenvalue weighted by atomic mass is 9.95. The molecule has 0 saturated carbocycles. The molecule has 44 heavy (non-hydrogen) atoms. The summed E-state index contributed by atoms with van der Waals surface area (Å²) in [7, 11) is 1.71. The van der Waals surface area contributed by atoms with Crippen LogP contribution in [-0.4, -0.2) is 43.4 Å². The van der Waals surface area contributed by atoms with Crippen LogP contribution in [0, 0.1) is 24.4 Å². The SMILES string of the molecule is Cc1ccc([C@H](C)n2cc(-c3ccc(F)c4c3cnn4C)c3c(N4CCC(N)CC4)c(-c4cc(F)cc(F)c4)cnc32)nc1. The second kappa shape index (κ2) is 10.8. The molecule has 1 atom stereocenters. The Morgan fingerprint density at radius 2 is 1.64 bits per heavy atom. The molecule has 1 fully saturated rings. The minimum atomic E-state index is -0.667. The lowest BCUT2D eigenvalue weighted by molar-refractivity contribution is 0.502. The smallest absolute Gasteiger partial charge is 0.149 e. The Hall–Kier alpha value is -4.70. The van der Waals surface area contributed by atoms with Gasteiger partial charge in [-0.3, -0.25) is 9.67 Å². The Bertz CT molecular complexity index is 2000. The van der Waals surface area contributed by atoms with Gasteiger partial charge in [-0.05, 0) is 67.6 Å². The maximum atomic E-state index is 15.1. The zero-order valence-corrected chi connectivity index (χ0v) is 24.7. The predicted octanol–water partition coefficient (Wildman–Crippen LogP) is 6.91. The van der Waals surface area contributed by atoms with Crippen molar-refractivity contribution in [1.82, 2.24) is 24.3 Å². The van der Waals surface area contributed by atoms with Gasteiger partial charge in [-0.25, -0.2) is 18.2 Å². The van der Waals surface area contributed by atoms with Crippen LogP contribution < -0.4 is 10.6 Å². The molecule has 224 valence electrons. The van der Waals surface area contributed by atoms with E-state index in [0.717, 1.165) is 52.4 Å². The Balaban J connectivity index is 1.58. The van der Waals surface area contributed by atoms with Gasteiger partial charge >= 0.3 is 0 Å². The summed E-state index contributed by atoms with van der Waals surface area (Å²) in [5, 5.41) is 5.82. The van der Waals surface area contributed by atoms with Crippen LogP contribution in [0.25, 0.3) is 44.2 Å². The quantitative estimate of drug-likeness (QED) is 0.234. The molecule has 7 nitrogen and oxygen atoms in total. The summed E-state index contributed by atoms with van der Waals surface area (Å²) in [4.78, 5) is 11.9. The third-order valence-electron chi connectivity index (χ3n) is 8.76. The van der Waals surface area contributed by atoms with Crippen molar-refractivity contribution in [3.63, 3.8) is 0 Å². The van der Waals surface area contributed by atoms with E-state index < -0.39 is 11.6 Å². The summed E-state index contributed by atoms with van der Waals surface area (Å²) in [6.07, 6.45) is 8.76. The number of rotatable bonds is 5. The molecule has 1 saturated heterocycles. The third-order valence-corrected chi connectivity index (χ3v) is 8.76. The van der Waals surface area contributed by atoms with Crippen molar-refractivity contribution >= 4 is 27.6 Å². The van der Waals surface area contributed by atoms with E-state index in [4.69, 9.17) is 15.7 Å². The highest BCUT2D eigenvalue weighted by molar-refractivity contribution is 6.11. The molecule has 0 aliphatic carbocycles. The van der Waals surface area contributed by atoms with Crippen LogP contribution in [0.15, 0.2) is 67.3 Å². The molecule has 2 N–H and O–H groups in total. The molecule has 1 aliphatic rings. The highest BCUT2D eigenvalue weighted by atomic mass is 19.1. The molecule has 6 aromatic rings. The topological polar surface area (TPSA) is 77.8 Å². The molecule has 10 heteroatoms. The fourth-order valence-electron chi connectivity index (χ4n) is 6.42. The first-order valence-electron chi connectivity index (χ1n) is 14.7. The number of hydrogen-bond acceptors (Lipinski definition) is 5. The third kappa shape index (κ3) is 4.70. The van der Waals surface area contributed by atoms with Gasteiger partial charge < -0.3 is 15.2 Å². The van der Waals surface area contributed by atoms with E-state index in [2.05, 4.69) is 21.5 Å². The summed E-state index contributed by atoms with van der Waals surface area (Å²) in [6.45, 7) is 5.38. The van der Waals surface area contributed by atoms with Gasteiger partial charge in [-0.2, -0.15) is 5.10 Å². The van der Waals surface area contributed by atoms with Crippen molar-refractivity contribution in [3.8, 4) is 22.3 Å². The zero-order chi connectivity index (χ0) is 30.7. The normalized spacial score (nSPS) is 15.0. The van der Waals surface area contributed by atoms with E-state index in [1.807, 2.05) is 31.5 Å². The second-order valence-corrected chi connectivity index (χ2v) is 11.7. The van der Waals surface area contributed by atoms with Crippen LogP contribution in [0.4, 0.5) is 18.9 Å². The molecular weight excluding hydrogens is 563 g/mol. The fraction of sp³-hybridized carbons (Fsp3) is 0.265. The minimum absolute atomic E-state index is 0.0717. The highest BCUT2D eigenvalue weighted by Gasteiger charge is 2.28. The number of benzene rings is 2. The number of piperidine rings is 1. The molecule has 0 spiro atoms. The maximum Gasteiger partial charge on any atom is 0.149 e. The number of aryl methyl sites for hydroxylation is 2. The van der Waals surface area contributed by atoms with E-state index >= 15 is 4.39 Å². The van der Waals surface area contributed by atoms with Gasteiger partial charge in [0.25, 0.3) is 0 Å².